The Labute approximate surface area is 328 Å². The summed E-state index contributed by atoms with van der Waals surface area (Å²) in [5.74, 6) is -2.78. The molecule has 0 bridgehead atoms. The van der Waals surface area contributed by atoms with Gasteiger partial charge in [0.2, 0.25) is 23.6 Å². The molecule has 4 amide bonds. The molecular weight excluding hydrogens is 709 g/mol. The highest BCUT2D eigenvalue weighted by molar-refractivity contribution is 5.92. The molecule has 5 N–H and O–H groups in total. The number of esters is 1. The Morgan fingerprint density at radius 2 is 1.18 bits per heavy atom. The van der Waals surface area contributed by atoms with Crippen molar-refractivity contribution >= 4 is 29.6 Å². The van der Waals surface area contributed by atoms with E-state index in [4.69, 9.17) is 4.74 Å². The van der Waals surface area contributed by atoms with Gasteiger partial charge in [-0.25, -0.2) is 4.79 Å². The molecule has 0 saturated carbocycles. The van der Waals surface area contributed by atoms with E-state index in [0.29, 0.717) is 0 Å². The molecule has 4 aromatic carbocycles. The molecule has 0 spiro atoms. The molecular formula is C45H52N4O7. The minimum Gasteiger partial charge on any atom is -0.463 e. The molecule has 3 atom stereocenters. The number of aliphatic hydroxyl groups excluding tert-OH is 1. The van der Waals surface area contributed by atoms with Crippen LogP contribution in [-0.4, -0.2) is 66.0 Å². The second-order valence-electron chi connectivity index (χ2n) is 13.8. The van der Waals surface area contributed by atoms with Gasteiger partial charge in [0.25, 0.3) is 0 Å². The monoisotopic (exact) mass is 760 g/mol. The normalized spacial score (nSPS) is 12.9. The summed E-state index contributed by atoms with van der Waals surface area (Å²) < 4.78 is 5.09. The van der Waals surface area contributed by atoms with Crippen LogP contribution >= 0.6 is 0 Å². The van der Waals surface area contributed by atoms with Crippen LogP contribution < -0.4 is 21.3 Å². The van der Waals surface area contributed by atoms with E-state index in [-0.39, 0.29) is 44.1 Å². The number of ether oxygens (including phenoxy) is 1. The number of benzene rings is 4. The van der Waals surface area contributed by atoms with Gasteiger partial charge in [-0.2, -0.15) is 0 Å². The van der Waals surface area contributed by atoms with Gasteiger partial charge in [0.05, 0.1) is 6.61 Å². The Morgan fingerprint density at radius 3 is 1.66 bits per heavy atom. The molecule has 4 aromatic rings. The van der Waals surface area contributed by atoms with Crippen LogP contribution in [0.15, 0.2) is 133 Å². The molecule has 0 heterocycles. The summed E-state index contributed by atoms with van der Waals surface area (Å²) in [5, 5.41) is 20.9. The second-order valence-corrected chi connectivity index (χ2v) is 13.8. The van der Waals surface area contributed by atoms with Crippen molar-refractivity contribution in [1.29, 1.82) is 0 Å². The van der Waals surface area contributed by atoms with E-state index in [0.717, 1.165) is 22.3 Å². The third kappa shape index (κ3) is 12.5. The SMILES string of the molecule is CCOC(=O)/C=C/[C@H](CCC(=O)NC(c1ccccc1)(c1ccccc1)c1ccccc1)NC(=O)[C@H](Cc1ccccc1)NC(=O)[C@H](CC(C)C)NC(=O)CO. The number of nitrogens with one attached hydrogen (secondary N) is 4. The topological polar surface area (TPSA) is 163 Å². The summed E-state index contributed by atoms with van der Waals surface area (Å²) in [7, 11) is 0. The zero-order chi connectivity index (χ0) is 40.3. The third-order valence-electron chi connectivity index (χ3n) is 9.13. The van der Waals surface area contributed by atoms with Gasteiger partial charge < -0.3 is 31.1 Å². The number of hydrogen-bond acceptors (Lipinski definition) is 7. The van der Waals surface area contributed by atoms with Crippen molar-refractivity contribution in [2.45, 2.75) is 70.1 Å². The first-order chi connectivity index (χ1) is 27.0. The lowest BCUT2D eigenvalue weighted by atomic mass is 9.77. The largest absolute Gasteiger partial charge is 0.463 e. The van der Waals surface area contributed by atoms with Crippen molar-refractivity contribution in [2.75, 3.05) is 13.2 Å². The molecule has 0 aliphatic heterocycles. The molecule has 0 aliphatic rings. The quantitative estimate of drug-likeness (QED) is 0.0494. The van der Waals surface area contributed by atoms with E-state index in [1.54, 1.807) is 6.92 Å². The van der Waals surface area contributed by atoms with Crippen LogP contribution in [0.5, 0.6) is 0 Å². The van der Waals surface area contributed by atoms with Crippen LogP contribution in [0.3, 0.4) is 0 Å². The van der Waals surface area contributed by atoms with E-state index < -0.39 is 54.0 Å². The molecule has 0 aromatic heterocycles. The fourth-order valence-electron chi connectivity index (χ4n) is 6.50. The molecule has 0 aliphatic carbocycles. The highest BCUT2D eigenvalue weighted by Crippen LogP contribution is 2.37. The molecule has 0 saturated heterocycles. The Hall–Kier alpha value is -6.07. The standard InChI is InChI=1S/C45H52N4O7/c1-4-56-42(53)28-26-37(46-43(54)39(30-33-17-9-5-10-18-33)48-44(55)38(29-32(2)3)47-41(52)31-50)25-27-40(51)49-45(34-19-11-6-12-20-34,35-21-13-7-14-22-35)36-23-15-8-16-24-36/h5-24,26,28,32,37-39,50H,4,25,27,29-31H2,1-3H3,(H,46,54)(H,47,52)(H,48,55)(H,49,51)/b28-26+/t37-,38-,39-/m0/s1. The van der Waals surface area contributed by atoms with Crippen LogP contribution in [0.2, 0.25) is 0 Å². The summed E-state index contributed by atoms with van der Waals surface area (Å²) in [6.07, 6.45) is 3.12. The highest BCUT2D eigenvalue weighted by atomic mass is 16.5. The van der Waals surface area contributed by atoms with Gasteiger partial charge in [0.15, 0.2) is 0 Å². The second kappa shape index (κ2) is 21.7. The molecule has 56 heavy (non-hydrogen) atoms. The lowest BCUT2D eigenvalue weighted by Crippen LogP contribution is -2.56. The van der Waals surface area contributed by atoms with Gasteiger partial charge >= 0.3 is 5.97 Å². The predicted molar refractivity (Wildman–Crippen MR) is 215 cm³/mol. The molecule has 11 heteroatoms. The number of rotatable bonds is 20. The highest BCUT2D eigenvalue weighted by Gasteiger charge is 2.38. The van der Waals surface area contributed by atoms with E-state index in [1.807, 2.05) is 135 Å². The van der Waals surface area contributed by atoms with Crippen LogP contribution in [0.25, 0.3) is 0 Å². The first kappa shape index (κ1) is 42.7. The average Bonchev–Trinajstić information content (AvgIpc) is 3.21. The molecule has 0 unspecified atom stereocenters. The Bertz CT molecular complexity index is 1790. The summed E-state index contributed by atoms with van der Waals surface area (Å²) in [6, 6.07) is 35.3. The fraction of sp³-hybridized carbons (Fsp3) is 0.311. The smallest absolute Gasteiger partial charge is 0.330 e. The number of carbonyl (C=O) groups excluding carboxylic acids is 5. The summed E-state index contributed by atoms with van der Waals surface area (Å²) >= 11 is 0. The number of aliphatic hydroxyl groups is 1. The Kier molecular flexibility index (Phi) is 16.6. The van der Waals surface area contributed by atoms with Crippen LogP contribution in [-0.2, 0) is 40.7 Å². The first-order valence-corrected chi connectivity index (χ1v) is 18.9. The summed E-state index contributed by atoms with van der Waals surface area (Å²) in [6.45, 7) is 4.82. The van der Waals surface area contributed by atoms with Gasteiger partial charge in [-0.15, -0.1) is 0 Å². The van der Waals surface area contributed by atoms with E-state index in [9.17, 15) is 29.1 Å². The minimum atomic E-state index is -1.10. The Balaban J connectivity index is 1.62. The van der Waals surface area contributed by atoms with Crippen molar-refractivity contribution in [1.82, 2.24) is 21.3 Å². The van der Waals surface area contributed by atoms with E-state index in [1.165, 1.54) is 12.2 Å². The van der Waals surface area contributed by atoms with Gasteiger partial charge in [-0.3, -0.25) is 19.2 Å². The lowest BCUT2D eigenvalue weighted by molar-refractivity contribution is -0.137. The maximum absolute atomic E-state index is 14.2. The maximum atomic E-state index is 14.2. The average molecular weight is 761 g/mol. The van der Waals surface area contributed by atoms with Crippen LogP contribution in [0, 0.1) is 5.92 Å². The molecule has 294 valence electrons. The van der Waals surface area contributed by atoms with Crippen LogP contribution in [0.4, 0.5) is 0 Å². The minimum absolute atomic E-state index is 0.0130. The van der Waals surface area contributed by atoms with Crippen molar-refractivity contribution in [3.05, 3.63) is 156 Å². The maximum Gasteiger partial charge on any atom is 0.330 e. The summed E-state index contributed by atoms with van der Waals surface area (Å²) in [4.78, 5) is 66.4. The number of amides is 4. The third-order valence-corrected chi connectivity index (χ3v) is 9.13. The summed E-state index contributed by atoms with van der Waals surface area (Å²) in [5.41, 5.74) is 2.27. The van der Waals surface area contributed by atoms with Crippen molar-refractivity contribution in [3.8, 4) is 0 Å². The van der Waals surface area contributed by atoms with Crippen LogP contribution in [0.1, 0.15) is 62.3 Å². The zero-order valence-electron chi connectivity index (χ0n) is 32.2. The van der Waals surface area contributed by atoms with Gasteiger partial charge in [-0.05, 0) is 47.9 Å². The zero-order valence-corrected chi connectivity index (χ0v) is 32.2. The Morgan fingerprint density at radius 1 is 0.679 bits per heavy atom. The molecule has 0 fully saturated rings. The van der Waals surface area contributed by atoms with Gasteiger partial charge in [-0.1, -0.05) is 141 Å². The van der Waals surface area contributed by atoms with E-state index in [2.05, 4.69) is 21.3 Å². The first-order valence-electron chi connectivity index (χ1n) is 18.9. The van der Waals surface area contributed by atoms with E-state index >= 15 is 0 Å². The van der Waals surface area contributed by atoms with Gasteiger partial charge in [0, 0.05) is 25.0 Å². The molecule has 11 nitrogen and oxygen atoms in total. The predicted octanol–water partition coefficient (Wildman–Crippen LogP) is 4.73. The van der Waals surface area contributed by atoms with Gasteiger partial charge in [0.1, 0.15) is 24.2 Å². The van der Waals surface area contributed by atoms with Crippen molar-refractivity contribution in [2.24, 2.45) is 5.92 Å². The van der Waals surface area contributed by atoms with Crippen molar-refractivity contribution < 1.29 is 33.8 Å². The number of carbonyl (C=O) groups is 5. The van der Waals surface area contributed by atoms with Crippen molar-refractivity contribution in [3.63, 3.8) is 0 Å². The molecule has 0 radical (unpaired) electrons. The lowest BCUT2D eigenvalue weighted by Gasteiger charge is -2.37. The number of hydrogen-bond donors (Lipinski definition) is 5. The molecule has 4 rings (SSSR count). The fourth-order valence-corrected chi connectivity index (χ4v) is 6.50.